The molecule has 5 nitrogen and oxygen atoms in total. The third kappa shape index (κ3) is 2.08. The van der Waals surface area contributed by atoms with Crippen molar-refractivity contribution in [2.45, 2.75) is 6.92 Å². The predicted molar refractivity (Wildman–Crippen MR) is 67.2 cm³/mol. The van der Waals surface area contributed by atoms with Crippen molar-refractivity contribution >= 4 is 5.95 Å². The molecule has 1 heterocycles. The summed E-state index contributed by atoms with van der Waals surface area (Å²) in [6.45, 7) is 2.60. The fraction of sp³-hybridized carbons (Fsp3) is 0.333. The standard InChI is InChI=1S/C12H16N4O/c1-4-17-10-8-6-5-7-9(10)11-14-15-12(13-2)16(11)3/h5-8H,4H2,1-3H3,(H,13,15). The Morgan fingerprint density at radius 3 is 2.71 bits per heavy atom. The van der Waals surface area contributed by atoms with Gasteiger partial charge in [0.05, 0.1) is 12.2 Å². The Hall–Kier alpha value is -2.04. The van der Waals surface area contributed by atoms with Crippen LogP contribution in [-0.2, 0) is 7.05 Å². The molecular weight excluding hydrogens is 216 g/mol. The quantitative estimate of drug-likeness (QED) is 0.875. The Kier molecular flexibility index (Phi) is 3.27. The molecule has 0 saturated carbocycles. The number of aromatic nitrogens is 3. The second-order valence-electron chi connectivity index (χ2n) is 3.59. The lowest BCUT2D eigenvalue weighted by atomic mass is 10.2. The van der Waals surface area contributed by atoms with E-state index in [1.807, 2.05) is 49.9 Å². The monoisotopic (exact) mass is 232 g/mol. The van der Waals surface area contributed by atoms with Gasteiger partial charge in [-0.3, -0.25) is 4.57 Å². The maximum Gasteiger partial charge on any atom is 0.224 e. The molecule has 2 rings (SSSR count). The van der Waals surface area contributed by atoms with Gasteiger partial charge < -0.3 is 10.1 Å². The molecule has 0 bridgehead atoms. The molecule has 1 N–H and O–H groups in total. The van der Waals surface area contributed by atoms with Crippen LogP contribution < -0.4 is 10.1 Å². The van der Waals surface area contributed by atoms with Gasteiger partial charge in [-0.15, -0.1) is 10.2 Å². The lowest BCUT2D eigenvalue weighted by molar-refractivity contribution is 0.341. The van der Waals surface area contributed by atoms with Gasteiger partial charge in [-0.05, 0) is 19.1 Å². The van der Waals surface area contributed by atoms with Crippen LogP contribution in [0.25, 0.3) is 11.4 Å². The highest BCUT2D eigenvalue weighted by molar-refractivity contribution is 5.65. The van der Waals surface area contributed by atoms with E-state index in [0.717, 1.165) is 23.1 Å². The number of hydrogen-bond donors (Lipinski definition) is 1. The molecule has 0 aliphatic carbocycles. The average molecular weight is 232 g/mol. The topological polar surface area (TPSA) is 52.0 Å². The summed E-state index contributed by atoms with van der Waals surface area (Å²) >= 11 is 0. The molecule has 0 radical (unpaired) electrons. The smallest absolute Gasteiger partial charge is 0.224 e. The zero-order valence-electron chi connectivity index (χ0n) is 10.3. The molecule has 5 heteroatoms. The van der Waals surface area contributed by atoms with Gasteiger partial charge in [0.1, 0.15) is 5.75 Å². The normalized spacial score (nSPS) is 10.3. The fourth-order valence-electron chi connectivity index (χ4n) is 1.71. The van der Waals surface area contributed by atoms with Crippen molar-refractivity contribution in [1.82, 2.24) is 14.8 Å². The van der Waals surface area contributed by atoms with E-state index < -0.39 is 0 Å². The fourth-order valence-corrected chi connectivity index (χ4v) is 1.71. The predicted octanol–water partition coefficient (Wildman–Crippen LogP) is 1.92. The third-order valence-electron chi connectivity index (χ3n) is 2.53. The van der Waals surface area contributed by atoms with Crippen molar-refractivity contribution in [2.75, 3.05) is 19.0 Å². The van der Waals surface area contributed by atoms with Gasteiger partial charge in [0.2, 0.25) is 5.95 Å². The van der Waals surface area contributed by atoms with Gasteiger partial charge in [0, 0.05) is 14.1 Å². The van der Waals surface area contributed by atoms with Crippen LogP contribution in [0.5, 0.6) is 5.75 Å². The minimum absolute atomic E-state index is 0.633. The number of para-hydroxylation sites is 1. The maximum absolute atomic E-state index is 5.59. The summed E-state index contributed by atoms with van der Waals surface area (Å²) in [5, 5.41) is 11.2. The van der Waals surface area contributed by atoms with Crippen molar-refractivity contribution in [3.63, 3.8) is 0 Å². The summed E-state index contributed by atoms with van der Waals surface area (Å²) in [5.74, 6) is 2.35. The molecule has 0 aliphatic rings. The lowest BCUT2D eigenvalue weighted by Gasteiger charge is -2.09. The summed E-state index contributed by atoms with van der Waals surface area (Å²) in [6, 6.07) is 7.83. The number of anilines is 1. The van der Waals surface area contributed by atoms with Crippen LogP contribution in [0.4, 0.5) is 5.95 Å². The molecule has 0 aliphatic heterocycles. The summed E-state index contributed by atoms with van der Waals surface area (Å²) in [7, 11) is 3.74. The van der Waals surface area contributed by atoms with E-state index in [4.69, 9.17) is 4.74 Å². The Morgan fingerprint density at radius 1 is 1.29 bits per heavy atom. The first-order valence-electron chi connectivity index (χ1n) is 5.57. The van der Waals surface area contributed by atoms with Crippen LogP contribution in [0.2, 0.25) is 0 Å². The van der Waals surface area contributed by atoms with Gasteiger partial charge in [0.15, 0.2) is 5.82 Å². The minimum Gasteiger partial charge on any atom is -0.493 e. The van der Waals surface area contributed by atoms with E-state index in [-0.39, 0.29) is 0 Å². The Bertz CT molecular complexity index is 507. The SMILES string of the molecule is CCOc1ccccc1-c1nnc(NC)n1C. The van der Waals surface area contributed by atoms with Crippen LogP contribution in [0.3, 0.4) is 0 Å². The van der Waals surface area contributed by atoms with Crippen molar-refractivity contribution in [1.29, 1.82) is 0 Å². The van der Waals surface area contributed by atoms with Crippen molar-refractivity contribution in [3.05, 3.63) is 24.3 Å². The molecular formula is C12H16N4O. The number of benzene rings is 1. The number of hydrogen-bond acceptors (Lipinski definition) is 4. The summed E-state index contributed by atoms with van der Waals surface area (Å²) in [6.07, 6.45) is 0. The first-order valence-corrected chi connectivity index (χ1v) is 5.57. The molecule has 90 valence electrons. The minimum atomic E-state index is 0.633. The van der Waals surface area contributed by atoms with E-state index >= 15 is 0 Å². The molecule has 0 atom stereocenters. The van der Waals surface area contributed by atoms with Gasteiger partial charge in [-0.25, -0.2) is 0 Å². The zero-order valence-corrected chi connectivity index (χ0v) is 10.3. The molecule has 0 saturated heterocycles. The summed E-state index contributed by atoms with van der Waals surface area (Å²) in [4.78, 5) is 0. The van der Waals surface area contributed by atoms with Crippen LogP contribution in [-0.4, -0.2) is 28.4 Å². The number of nitrogens with zero attached hydrogens (tertiary/aromatic N) is 3. The summed E-state index contributed by atoms with van der Waals surface area (Å²) in [5.41, 5.74) is 0.950. The summed E-state index contributed by atoms with van der Waals surface area (Å²) < 4.78 is 7.49. The van der Waals surface area contributed by atoms with Crippen LogP contribution in [0, 0.1) is 0 Å². The number of rotatable bonds is 4. The van der Waals surface area contributed by atoms with Crippen molar-refractivity contribution < 1.29 is 4.74 Å². The van der Waals surface area contributed by atoms with Crippen LogP contribution in [0.1, 0.15) is 6.92 Å². The van der Waals surface area contributed by atoms with Crippen molar-refractivity contribution in [2.24, 2.45) is 7.05 Å². The zero-order chi connectivity index (χ0) is 12.3. The molecule has 1 aromatic heterocycles. The van der Waals surface area contributed by atoms with E-state index in [2.05, 4.69) is 15.5 Å². The molecule has 0 unspecified atom stereocenters. The third-order valence-corrected chi connectivity index (χ3v) is 2.53. The molecule has 0 fully saturated rings. The molecule has 0 spiro atoms. The molecule has 2 aromatic rings. The van der Waals surface area contributed by atoms with E-state index in [0.29, 0.717) is 6.61 Å². The Labute approximate surface area is 100 Å². The van der Waals surface area contributed by atoms with Crippen LogP contribution in [0.15, 0.2) is 24.3 Å². The highest BCUT2D eigenvalue weighted by Gasteiger charge is 2.13. The second kappa shape index (κ2) is 4.86. The Balaban J connectivity index is 2.48. The first-order chi connectivity index (χ1) is 8.27. The largest absolute Gasteiger partial charge is 0.493 e. The van der Waals surface area contributed by atoms with E-state index in [9.17, 15) is 0 Å². The first kappa shape index (κ1) is 11.4. The maximum atomic E-state index is 5.59. The molecule has 0 amide bonds. The van der Waals surface area contributed by atoms with Gasteiger partial charge in [0.25, 0.3) is 0 Å². The van der Waals surface area contributed by atoms with E-state index in [1.54, 1.807) is 0 Å². The lowest BCUT2D eigenvalue weighted by Crippen LogP contribution is -2.01. The van der Waals surface area contributed by atoms with Crippen LogP contribution >= 0.6 is 0 Å². The second-order valence-corrected chi connectivity index (χ2v) is 3.59. The highest BCUT2D eigenvalue weighted by atomic mass is 16.5. The van der Waals surface area contributed by atoms with Gasteiger partial charge >= 0.3 is 0 Å². The van der Waals surface area contributed by atoms with Gasteiger partial charge in [-0.2, -0.15) is 0 Å². The molecule has 17 heavy (non-hydrogen) atoms. The number of nitrogens with one attached hydrogen (secondary N) is 1. The average Bonchev–Trinajstić information content (AvgIpc) is 2.72. The highest BCUT2D eigenvalue weighted by Crippen LogP contribution is 2.28. The van der Waals surface area contributed by atoms with Gasteiger partial charge in [-0.1, -0.05) is 12.1 Å². The van der Waals surface area contributed by atoms with Crippen molar-refractivity contribution in [3.8, 4) is 17.1 Å². The number of ether oxygens (including phenoxy) is 1. The Morgan fingerprint density at radius 2 is 2.06 bits per heavy atom. The molecule has 1 aromatic carbocycles. The van der Waals surface area contributed by atoms with E-state index in [1.165, 1.54) is 0 Å².